The summed E-state index contributed by atoms with van der Waals surface area (Å²) >= 11 is 3.63. The van der Waals surface area contributed by atoms with Gasteiger partial charge in [0.2, 0.25) is 0 Å². The fraction of sp³-hybridized carbons (Fsp3) is 0.167. The monoisotopic (exact) mass is 340 g/mol. The Morgan fingerprint density at radius 2 is 1.90 bits per heavy atom. The molecule has 0 amide bonds. The van der Waals surface area contributed by atoms with Crippen LogP contribution in [0, 0.1) is 13.8 Å². The highest BCUT2D eigenvalue weighted by Gasteiger charge is 2.04. The van der Waals surface area contributed by atoms with Gasteiger partial charge >= 0.3 is 0 Å². The zero-order valence-corrected chi connectivity index (χ0v) is 13.7. The maximum atomic E-state index is 4.65. The Labute approximate surface area is 133 Å². The SMILES string of the molecule is Cc1ccc(CNc2cccc3ccc(C)nc23)c(Br)c1. The van der Waals surface area contributed by atoms with Crippen LogP contribution in [-0.4, -0.2) is 4.98 Å². The quantitative estimate of drug-likeness (QED) is 0.706. The summed E-state index contributed by atoms with van der Waals surface area (Å²) < 4.78 is 1.14. The van der Waals surface area contributed by atoms with Crippen LogP contribution < -0.4 is 5.32 Å². The van der Waals surface area contributed by atoms with E-state index in [1.165, 1.54) is 11.1 Å². The molecule has 0 aliphatic heterocycles. The predicted octanol–water partition coefficient (Wildman–Crippen LogP) is 5.23. The second-order valence-electron chi connectivity index (χ2n) is 5.28. The van der Waals surface area contributed by atoms with Crippen LogP contribution in [-0.2, 0) is 6.54 Å². The summed E-state index contributed by atoms with van der Waals surface area (Å²) in [4.78, 5) is 4.65. The number of aryl methyl sites for hydroxylation is 2. The van der Waals surface area contributed by atoms with Crippen molar-refractivity contribution in [3.63, 3.8) is 0 Å². The maximum absolute atomic E-state index is 4.65. The molecular weight excluding hydrogens is 324 g/mol. The van der Waals surface area contributed by atoms with E-state index in [2.05, 4.69) is 75.6 Å². The van der Waals surface area contributed by atoms with Gasteiger partial charge in [-0.1, -0.05) is 46.3 Å². The molecule has 2 aromatic carbocycles. The highest BCUT2D eigenvalue weighted by molar-refractivity contribution is 9.10. The molecule has 0 fully saturated rings. The zero-order chi connectivity index (χ0) is 14.8. The van der Waals surface area contributed by atoms with Crippen LogP contribution in [0.1, 0.15) is 16.8 Å². The first-order valence-electron chi connectivity index (χ1n) is 6.99. The van der Waals surface area contributed by atoms with Crippen molar-refractivity contribution in [2.24, 2.45) is 0 Å². The molecule has 0 aliphatic carbocycles. The van der Waals surface area contributed by atoms with E-state index in [0.29, 0.717) is 0 Å². The number of nitrogens with zero attached hydrogens (tertiary/aromatic N) is 1. The molecule has 0 saturated carbocycles. The minimum absolute atomic E-state index is 0.773. The van der Waals surface area contributed by atoms with Crippen molar-refractivity contribution in [2.75, 3.05) is 5.32 Å². The van der Waals surface area contributed by atoms with Gasteiger partial charge in [0, 0.05) is 22.1 Å². The number of benzene rings is 2. The summed E-state index contributed by atoms with van der Waals surface area (Å²) in [6.45, 7) is 4.89. The maximum Gasteiger partial charge on any atom is 0.0936 e. The molecule has 0 spiro atoms. The van der Waals surface area contributed by atoms with E-state index in [1.807, 2.05) is 13.0 Å². The molecule has 0 unspecified atom stereocenters. The van der Waals surface area contributed by atoms with Crippen LogP contribution in [0.4, 0.5) is 5.69 Å². The van der Waals surface area contributed by atoms with Gasteiger partial charge in [0.1, 0.15) is 0 Å². The Hall–Kier alpha value is -1.87. The van der Waals surface area contributed by atoms with Gasteiger partial charge in [0.15, 0.2) is 0 Å². The second-order valence-corrected chi connectivity index (χ2v) is 6.13. The van der Waals surface area contributed by atoms with Crippen molar-refractivity contribution >= 4 is 32.5 Å². The lowest BCUT2D eigenvalue weighted by Crippen LogP contribution is -2.02. The first-order valence-corrected chi connectivity index (χ1v) is 7.78. The number of aromatic nitrogens is 1. The smallest absolute Gasteiger partial charge is 0.0936 e. The third kappa shape index (κ3) is 3.08. The summed E-state index contributed by atoms with van der Waals surface area (Å²) in [6, 6.07) is 16.8. The average molecular weight is 341 g/mol. The predicted molar refractivity (Wildman–Crippen MR) is 92.7 cm³/mol. The number of fused-ring (bicyclic) bond motifs is 1. The van der Waals surface area contributed by atoms with Crippen LogP contribution in [0.3, 0.4) is 0 Å². The Bertz CT molecular complexity index is 796. The van der Waals surface area contributed by atoms with Crippen molar-refractivity contribution in [1.82, 2.24) is 4.98 Å². The van der Waals surface area contributed by atoms with Crippen LogP contribution in [0.25, 0.3) is 10.9 Å². The summed E-state index contributed by atoms with van der Waals surface area (Å²) in [6.07, 6.45) is 0. The number of rotatable bonds is 3. The van der Waals surface area contributed by atoms with Gasteiger partial charge in [-0.25, -0.2) is 0 Å². The van der Waals surface area contributed by atoms with E-state index in [4.69, 9.17) is 0 Å². The van der Waals surface area contributed by atoms with Gasteiger partial charge in [-0.3, -0.25) is 4.98 Å². The van der Waals surface area contributed by atoms with Crippen LogP contribution in [0.15, 0.2) is 53.0 Å². The highest BCUT2D eigenvalue weighted by atomic mass is 79.9. The second kappa shape index (κ2) is 5.86. The number of hydrogen-bond donors (Lipinski definition) is 1. The van der Waals surface area contributed by atoms with Gasteiger partial charge in [-0.15, -0.1) is 0 Å². The van der Waals surface area contributed by atoms with Crippen molar-refractivity contribution in [1.29, 1.82) is 0 Å². The molecule has 106 valence electrons. The lowest BCUT2D eigenvalue weighted by atomic mass is 10.1. The molecule has 3 heteroatoms. The Morgan fingerprint density at radius 1 is 1.05 bits per heavy atom. The van der Waals surface area contributed by atoms with Gasteiger partial charge in [0.25, 0.3) is 0 Å². The number of anilines is 1. The molecule has 0 aliphatic rings. The first-order chi connectivity index (χ1) is 10.1. The normalized spacial score (nSPS) is 10.8. The van der Waals surface area contributed by atoms with Crippen molar-refractivity contribution in [3.8, 4) is 0 Å². The fourth-order valence-electron chi connectivity index (χ4n) is 2.37. The molecule has 3 aromatic rings. The summed E-state index contributed by atoms with van der Waals surface area (Å²) in [5.74, 6) is 0. The lowest BCUT2D eigenvalue weighted by molar-refractivity contribution is 1.13. The van der Waals surface area contributed by atoms with E-state index in [0.717, 1.165) is 33.3 Å². The summed E-state index contributed by atoms with van der Waals surface area (Å²) in [7, 11) is 0. The molecule has 1 aromatic heterocycles. The Kier molecular flexibility index (Phi) is 3.93. The molecule has 2 nitrogen and oxygen atoms in total. The minimum atomic E-state index is 0.773. The standard InChI is InChI=1S/C18H17BrN2/c1-12-6-8-15(16(19)10-12)11-20-17-5-3-4-14-9-7-13(2)21-18(14)17/h3-10,20H,11H2,1-2H3. The van der Waals surface area contributed by atoms with E-state index >= 15 is 0 Å². The van der Waals surface area contributed by atoms with Crippen molar-refractivity contribution < 1.29 is 0 Å². The first kappa shape index (κ1) is 14.1. The summed E-state index contributed by atoms with van der Waals surface area (Å²) in [5, 5.41) is 4.66. The third-order valence-corrected chi connectivity index (χ3v) is 4.28. The number of nitrogens with one attached hydrogen (secondary N) is 1. The highest BCUT2D eigenvalue weighted by Crippen LogP contribution is 2.24. The minimum Gasteiger partial charge on any atom is -0.379 e. The molecule has 3 rings (SSSR count). The third-order valence-electron chi connectivity index (χ3n) is 3.54. The molecule has 1 N–H and O–H groups in total. The van der Waals surface area contributed by atoms with Gasteiger partial charge < -0.3 is 5.32 Å². The van der Waals surface area contributed by atoms with E-state index in [-0.39, 0.29) is 0 Å². The molecule has 0 atom stereocenters. The zero-order valence-electron chi connectivity index (χ0n) is 12.2. The molecule has 0 saturated heterocycles. The molecule has 1 heterocycles. The Morgan fingerprint density at radius 3 is 2.71 bits per heavy atom. The van der Waals surface area contributed by atoms with Gasteiger partial charge in [0.05, 0.1) is 11.2 Å². The van der Waals surface area contributed by atoms with E-state index < -0.39 is 0 Å². The van der Waals surface area contributed by atoms with Crippen molar-refractivity contribution in [3.05, 3.63) is 69.8 Å². The Balaban J connectivity index is 1.90. The number of hydrogen-bond acceptors (Lipinski definition) is 2. The average Bonchev–Trinajstić information content (AvgIpc) is 2.46. The van der Waals surface area contributed by atoms with Crippen molar-refractivity contribution in [2.45, 2.75) is 20.4 Å². The fourth-order valence-corrected chi connectivity index (χ4v) is 3.01. The number of pyridine rings is 1. The number of halogens is 1. The lowest BCUT2D eigenvalue weighted by Gasteiger charge is -2.11. The van der Waals surface area contributed by atoms with Crippen LogP contribution >= 0.6 is 15.9 Å². The van der Waals surface area contributed by atoms with Crippen LogP contribution in [0.5, 0.6) is 0 Å². The molecular formula is C18H17BrN2. The molecule has 0 radical (unpaired) electrons. The van der Waals surface area contributed by atoms with Gasteiger partial charge in [-0.05, 0) is 43.2 Å². The van der Waals surface area contributed by atoms with E-state index in [1.54, 1.807) is 0 Å². The summed E-state index contributed by atoms with van der Waals surface area (Å²) in [5.41, 5.74) is 5.64. The molecule has 0 bridgehead atoms. The largest absolute Gasteiger partial charge is 0.379 e. The van der Waals surface area contributed by atoms with Gasteiger partial charge in [-0.2, -0.15) is 0 Å². The molecule has 21 heavy (non-hydrogen) atoms. The number of para-hydroxylation sites is 1. The van der Waals surface area contributed by atoms with Crippen LogP contribution in [0.2, 0.25) is 0 Å². The topological polar surface area (TPSA) is 24.9 Å². The van der Waals surface area contributed by atoms with E-state index in [9.17, 15) is 0 Å².